The van der Waals surface area contributed by atoms with E-state index >= 15 is 0 Å². The number of rotatable bonds is 9. The molecule has 6 aromatic rings. The van der Waals surface area contributed by atoms with Crippen molar-refractivity contribution in [2.45, 2.75) is 85.7 Å². The number of carboxylic acid groups (broad SMARTS) is 1. The molecule has 2 unspecified atom stereocenters. The topological polar surface area (TPSA) is 112 Å². The molecule has 0 aliphatic rings. The van der Waals surface area contributed by atoms with Crippen molar-refractivity contribution in [2.75, 3.05) is 6.61 Å². The predicted molar refractivity (Wildman–Crippen MR) is 247 cm³/mol. The fourth-order valence-corrected chi connectivity index (χ4v) is 8.20. The van der Waals surface area contributed by atoms with E-state index in [1.165, 1.54) is 0 Å². The van der Waals surface area contributed by atoms with Gasteiger partial charge in [-0.25, -0.2) is 9.59 Å². The van der Waals surface area contributed by atoms with Crippen LogP contribution in [-0.2, 0) is 23.8 Å². The molecule has 312 valence electrons. The van der Waals surface area contributed by atoms with Crippen LogP contribution in [-0.4, -0.2) is 40.3 Å². The summed E-state index contributed by atoms with van der Waals surface area (Å²) in [7, 11) is 0. The first-order valence-electron chi connectivity index (χ1n) is 18.9. The van der Waals surface area contributed by atoms with Crippen LogP contribution in [0.4, 0.5) is 0 Å². The minimum Gasteiger partial charge on any atom is -0.870 e. The van der Waals surface area contributed by atoms with Crippen molar-refractivity contribution in [1.82, 2.24) is 0 Å². The maximum absolute atomic E-state index is 13.0. The number of benzene rings is 6. The molecule has 0 saturated carbocycles. The average Bonchev–Trinajstić information content (AvgIpc) is 3.13. The maximum Gasteiger partial charge on any atom is 1.00 e. The summed E-state index contributed by atoms with van der Waals surface area (Å²) in [5.41, 5.74) is 5.82. The Kier molecular flexibility index (Phi) is 18.1. The van der Waals surface area contributed by atoms with Crippen LogP contribution in [0.25, 0.3) is 43.8 Å². The number of aryl methyl sites for hydroxylation is 2. The number of hydrogen-bond acceptors (Lipinski definition) is 6. The van der Waals surface area contributed by atoms with Gasteiger partial charge >= 0.3 is 30.8 Å². The molecule has 0 spiro atoms. The number of carbonyl (C=O) groups excluding carboxylic acids is 1. The van der Waals surface area contributed by atoms with Crippen LogP contribution in [0.15, 0.2) is 106 Å². The number of esters is 1. The van der Waals surface area contributed by atoms with Crippen LogP contribution in [0.5, 0.6) is 0 Å². The molecule has 6 rings (SSSR count). The van der Waals surface area contributed by atoms with E-state index in [1.807, 2.05) is 140 Å². The molecule has 0 aliphatic carbocycles. The van der Waals surface area contributed by atoms with E-state index in [9.17, 15) is 14.7 Å². The van der Waals surface area contributed by atoms with Crippen molar-refractivity contribution >= 4 is 88.5 Å². The summed E-state index contributed by atoms with van der Waals surface area (Å²) in [4.78, 5) is 25.3. The SMILES string of the molecule is CCOC(=O)C(OC(C)(C)C)c1c(C)cc2c(Br)cccc2c1-c1ccc(Cl)cc1.Cc1cc2c(Br)cccc2c(-c2ccc(Cl)cc2)c1C(OC(C)(C)C)C(=O)O.[Li+].[OH-]. The maximum atomic E-state index is 13.0. The largest absolute Gasteiger partial charge is 1.00 e. The summed E-state index contributed by atoms with van der Waals surface area (Å²) < 4.78 is 19.6. The third-order valence-corrected chi connectivity index (χ3v) is 11.1. The van der Waals surface area contributed by atoms with Gasteiger partial charge in [-0.1, -0.05) is 104 Å². The van der Waals surface area contributed by atoms with Gasteiger partial charge < -0.3 is 24.8 Å². The number of ether oxygens (including phenoxy) is 3. The van der Waals surface area contributed by atoms with Gasteiger partial charge in [-0.2, -0.15) is 0 Å². The van der Waals surface area contributed by atoms with E-state index in [4.69, 9.17) is 37.4 Å². The zero-order valence-corrected chi connectivity index (χ0v) is 40.2. The quantitative estimate of drug-likeness (QED) is 0.113. The van der Waals surface area contributed by atoms with E-state index in [1.54, 1.807) is 6.92 Å². The Bertz CT molecular complexity index is 2460. The van der Waals surface area contributed by atoms with Gasteiger partial charge in [0.2, 0.25) is 0 Å². The predicted octanol–water partition coefficient (Wildman–Crippen LogP) is 11.6. The summed E-state index contributed by atoms with van der Waals surface area (Å²) >= 11 is 19.5. The summed E-state index contributed by atoms with van der Waals surface area (Å²) in [5, 5.41) is 15.4. The molecule has 0 heterocycles. The average molecular weight is 976 g/mol. The normalized spacial score (nSPS) is 12.4. The smallest absolute Gasteiger partial charge is 0.870 e. The Balaban J connectivity index is 0.000000311. The van der Waals surface area contributed by atoms with Gasteiger partial charge in [0.05, 0.1) is 17.8 Å². The minimum atomic E-state index is -1.09. The molecule has 60 heavy (non-hydrogen) atoms. The van der Waals surface area contributed by atoms with Crippen LogP contribution in [0.1, 0.15) is 82.9 Å². The van der Waals surface area contributed by atoms with Crippen molar-refractivity contribution in [1.29, 1.82) is 0 Å². The monoisotopic (exact) mass is 972 g/mol. The number of hydrogen-bond donors (Lipinski definition) is 1. The molecular weight excluding hydrogens is 926 g/mol. The second-order valence-corrected chi connectivity index (χ2v) is 18.5. The molecule has 6 aromatic carbocycles. The fourth-order valence-electron chi connectivity index (χ4n) is 6.99. The summed E-state index contributed by atoms with van der Waals surface area (Å²) in [5.74, 6) is -1.40. The number of carbonyl (C=O) groups is 2. The van der Waals surface area contributed by atoms with E-state index < -0.39 is 29.4 Å². The Morgan fingerprint density at radius 2 is 1.00 bits per heavy atom. The molecular formula is C48H49Br2Cl2LiO7. The van der Waals surface area contributed by atoms with Crippen LogP contribution in [0, 0.1) is 13.8 Å². The second-order valence-electron chi connectivity index (χ2n) is 16.0. The van der Waals surface area contributed by atoms with Crippen molar-refractivity contribution in [2.24, 2.45) is 0 Å². The third kappa shape index (κ3) is 12.2. The van der Waals surface area contributed by atoms with Crippen LogP contribution in [0.2, 0.25) is 10.0 Å². The van der Waals surface area contributed by atoms with Gasteiger partial charge in [-0.05, 0) is 166 Å². The van der Waals surface area contributed by atoms with E-state index in [-0.39, 0.29) is 36.9 Å². The summed E-state index contributed by atoms with van der Waals surface area (Å²) in [6, 6.07) is 31.2. The van der Waals surface area contributed by atoms with Crippen molar-refractivity contribution in [3.8, 4) is 22.3 Å². The first kappa shape index (κ1) is 51.1. The molecule has 0 bridgehead atoms. The van der Waals surface area contributed by atoms with Crippen molar-refractivity contribution < 1.29 is 53.2 Å². The summed E-state index contributed by atoms with van der Waals surface area (Å²) in [6.07, 6.45) is -1.94. The molecule has 0 aromatic heterocycles. The van der Waals surface area contributed by atoms with Gasteiger partial charge in [-0.3, -0.25) is 0 Å². The summed E-state index contributed by atoms with van der Waals surface area (Å²) in [6.45, 7) is 17.4. The second kappa shape index (κ2) is 21.2. The first-order valence-corrected chi connectivity index (χ1v) is 21.2. The van der Waals surface area contributed by atoms with Gasteiger partial charge in [-0.15, -0.1) is 0 Å². The zero-order valence-electron chi connectivity index (χ0n) is 35.5. The molecule has 0 saturated heterocycles. The van der Waals surface area contributed by atoms with E-state index in [0.717, 1.165) is 69.4 Å². The van der Waals surface area contributed by atoms with Crippen molar-refractivity contribution in [3.63, 3.8) is 0 Å². The van der Waals surface area contributed by atoms with Gasteiger partial charge in [0.25, 0.3) is 0 Å². The zero-order chi connectivity index (χ0) is 42.7. The minimum absolute atomic E-state index is 0. The Morgan fingerprint density at radius 3 is 1.35 bits per heavy atom. The number of aliphatic carboxylic acids is 1. The molecule has 12 heteroatoms. The van der Waals surface area contributed by atoms with Crippen molar-refractivity contribution in [3.05, 3.63) is 138 Å². The first-order chi connectivity index (χ1) is 27.2. The molecule has 0 amide bonds. The van der Waals surface area contributed by atoms with E-state index in [0.29, 0.717) is 15.6 Å². The van der Waals surface area contributed by atoms with E-state index in [2.05, 4.69) is 44.0 Å². The molecule has 0 radical (unpaired) electrons. The number of halogens is 4. The molecule has 2 N–H and O–H groups in total. The van der Waals surface area contributed by atoms with Gasteiger partial charge in [0.15, 0.2) is 12.2 Å². The number of fused-ring (bicyclic) bond motifs is 2. The van der Waals surface area contributed by atoms with Crippen LogP contribution >= 0.6 is 55.1 Å². The molecule has 7 nitrogen and oxygen atoms in total. The third-order valence-electron chi connectivity index (χ3n) is 9.21. The van der Waals surface area contributed by atoms with Gasteiger partial charge in [0.1, 0.15) is 0 Å². The standard InChI is InChI=1S/C25H26BrClO3.C23H22BrClO3.Li.H2O/c1-6-29-24(28)23(30-25(3,4)5)21-15(2)14-19-18(8-7-9-20(19)26)22(21)16-10-12-17(27)13-11-16;1-13-12-17-16(6-5-7-18(17)24)20(14-8-10-15(25)11-9-14)19(13)21(22(26)27)28-23(2,3)4;;/h7-14,23H,6H2,1-5H3;5-12,21H,1-4H3,(H,26,27);;1H2/q;;+1;/p-1. The Labute approximate surface area is 391 Å². The van der Waals surface area contributed by atoms with Crippen LogP contribution < -0.4 is 18.9 Å². The van der Waals surface area contributed by atoms with Crippen LogP contribution in [0.3, 0.4) is 0 Å². The Morgan fingerprint density at radius 1 is 0.633 bits per heavy atom. The molecule has 0 fully saturated rings. The van der Waals surface area contributed by atoms with Gasteiger partial charge in [0, 0.05) is 30.1 Å². The Hall–Kier alpha value is -3.20. The number of carboxylic acids is 1. The molecule has 0 aliphatic heterocycles. The molecule has 2 atom stereocenters. The fraction of sp³-hybridized carbons (Fsp3) is 0.292.